The lowest BCUT2D eigenvalue weighted by Crippen LogP contribution is -2.01. The van der Waals surface area contributed by atoms with Crippen LogP contribution in [-0.4, -0.2) is 13.7 Å². The van der Waals surface area contributed by atoms with Crippen molar-refractivity contribution < 1.29 is 37.0 Å². The van der Waals surface area contributed by atoms with Crippen LogP contribution in [0.4, 0.5) is 0 Å². The Hall–Kier alpha value is -6.84. The Bertz CT molecular complexity index is 4600. The van der Waals surface area contributed by atoms with Crippen LogP contribution in [0.15, 0.2) is 187 Å². The van der Waals surface area contributed by atoms with Crippen molar-refractivity contribution in [3.05, 3.63) is 187 Å². The molecule has 0 radical (unpaired) electrons. The average molecular weight is 677 g/mol. The Morgan fingerprint density at radius 2 is 0.882 bits per heavy atom. The molecule has 0 aliphatic rings. The summed E-state index contributed by atoms with van der Waals surface area (Å²) in [6, 6.07) is -16.5. The molecule has 0 N–H and O–H groups in total. The Labute approximate surface area is 332 Å². The fraction of sp³-hybridized carbons (Fsp3) is 0. The van der Waals surface area contributed by atoms with Gasteiger partial charge in [-0.15, -0.1) is 0 Å². The SMILES string of the molecule is [2H]c1c([2H])c([2H])c(-c2cccc(-n3c4c([2H])c([2H])c([2H])c([2H])c4c4c([2H])c([2H])c([2H])c(-n5c6c([2H])c([2H])c([2H])c([2H])c6c6c([2H])c(-n7c8c([2H])c([2H])c([2H])c([2H])c8c8c([2H])c([2H])c([2H])c([2H])c87)c([2H])c([2H])c65)c43)c2)c([2H])c1[2H]. The third-order valence-electron chi connectivity index (χ3n) is 8.71. The molecule has 0 bridgehead atoms. The van der Waals surface area contributed by atoms with Crippen molar-refractivity contribution in [2.45, 2.75) is 0 Å². The number of nitrogens with zero attached hydrogens (tertiary/aromatic N) is 3. The molecule has 0 aliphatic heterocycles. The molecule has 0 amide bonds. The Kier molecular flexibility index (Phi) is 2.65. The van der Waals surface area contributed by atoms with Crippen LogP contribution < -0.4 is 0 Å². The van der Waals surface area contributed by atoms with Crippen molar-refractivity contribution in [2.24, 2.45) is 0 Å². The second-order valence-corrected chi connectivity index (χ2v) is 11.3. The number of fused-ring (bicyclic) bond motifs is 9. The second kappa shape index (κ2) is 10.8. The first kappa shape index (κ1) is 12.5. The first-order chi connectivity index (χ1) is 36.6. The van der Waals surface area contributed by atoms with Gasteiger partial charge in [0.25, 0.3) is 0 Å². The molecule has 3 heterocycles. The maximum absolute atomic E-state index is 10.1. The third-order valence-corrected chi connectivity index (χ3v) is 8.71. The van der Waals surface area contributed by atoms with Gasteiger partial charge in [0.05, 0.1) is 75.8 Å². The summed E-state index contributed by atoms with van der Waals surface area (Å²) in [6.07, 6.45) is 0. The zero-order valence-corrected chi connectivity index (χ0v) is 25.7. The van der Waals surface area contributed by atoms with Gasteiger partial charge in [0.15, 0.2) is 0 Å². The Morgan fingerprint density at radius 3 is 1.57 bits per heavy atom. The molecule has 238 valence electrons. The maximum Gasteiger partial charge on any atom is 0.0782 e. The molecule has 0 fully saturated rings. The summed E-state index contributed by atoms with van der Waals surface area (Å²) in [4.78, 5) is 0. The molecule has 0 unspecified atom stereocenters. The van der Waals surface area contributed by atoms with Crippen LogP contribution in [0.2, 0.25) is 0 Å². The number of rotatable bonds is 4. The highest BCUT2D eigenvalue weighted by molar-refractivity contribution is 6.16. The van der Waals surface area contributed by atoms with E-state index in [-0.39, 0.29) is 16.8 Å². The van der Waals surface area contributed by atoms with E-state index in [0.717, 1.165) is 13.7 Å². The fourth-order valence-corrected chi connectivity index (χ4v) is 6.65. The number of hydrogen-bond acceptors (Lipinski definition) is 0. The summed E-state index contributed by atoms with van der Waals surface area (Å²) >= 11 is 0. The molecule has 0 spiro atoms. The highest BCUT2D eigenvalue weighted by atomic mass is 15.1. The quantitative estimate of drug-likeness (QED) is 0.176. The first-order valence-electron chi connectivity index (χ1n) is 28.8. The summed E-state index contributed by atoms with van der Waals surface area (Å²) in [5.74, 6) is 0. The second-order valence-electron chi connectivity index (χ2n) is 11.3. The van der Waals surface area contributed by atoms with Crippen molar-refractivity contribution >= 4 is 65.4 Å². The van der Waals surface area contributed by atoms with E-state index >= 15 is 0 Å². The molecule has 3 heteroatoms. The summed E-state index contributed by atoms with van der Waals surface area (Å²) in [6.45, 7) is 0. The van der Waals surface area contributed by atoms with Crippen LogP contribution >= 0.6 is 0 Å². The molecule has 11 aromatic rings. The van der Waals surface area contributed by atoms with E-state index in [4.69, 9.17) is 23.3 Å². The van der Waals surface area contributed by atoms with Gasteiger partial charge in [-0.1, -0.05) is 127 Å². The molecule has 0 saturated carbocycles. The fourth-order valence-electron chi connectivity index (χ4n) is 6.65. The molecule has 0 atom stereocenters. The molecule has 11 rings (SSSR count). The van der Waals surface area contributed by atoms with Gasteiger partial charge in [-0.05, 0) is 71.6 Å². The van der Waals surface area contributed by atoms with Gasteiger partial charge in [0.1, 0.15) is 0 Å². The van der Waals surface area contributed by atoms with E-state index in [2.05, 4.69) is 0 Å². The zero-order chi connectivity index (χ0) is 57.0. The zero-order valence-electron chi connectivity index (χ0n) is 52.7. The number of aromatic nitrogens is 3. The Balaban J connectivity index is 1.41. The van der Waals surface area contributed by atoms with Crippen molar-refractivity contribution in [1.82, 2.24) is 13.7 Å². The lowest BCUT2D eigenvalue weighted by Gasteiger charge is -2.15. The van der Waals surface area contributed by atoms with E-state index in [1.807, 2.05) is 0 Å². The topological polar surface area (TPSA) is 14.8 Å². The van der Waals surface area contributed by atoms with Crippen molar-refractivity contribution in [2.75, 3.05) is 0 Å². The van der Waals surface area contributed by atoms with Crippen LogP contribution in [0.1, 0.15) is 37.0 Å². The van der Waals surface area contributed by atoms with E-state index in [1.165, 1.54) is 24.3 Å². The monoisotopic (exact) mass is 676 g/mol. The van der Waals surface area contributed by atoms with Gasteiger partial charge < -0.3 is 13.7 Å². The van der Waals surface area contributed by atoms with Crippen molar-refractivity contribution in [1.29, 1.82) is 0 Å². The smallest absolute Gasteiger partial charge is 0.0782 e. The number of para-hydroxylation sites is 5. The van der Waals surface area contributed by atoms with Gasteiger partial charge >= 0.3 is 0 Å². The van der Waals surface area contributed by atoms with E-state index < -0.39 is 240 Å². The number of hydrogen-bond donors (Lipinski definition) is 0. The highest BCUT2D eigenvalue weighted by Crippen LogP contribution is 2.41. The standard InChI is InChI=1S/C48H31N3/c1-2-14-32(15-3-1)33-16-12-17-34(30-33)50-44-25-10-6-20-38(44)40-22-13-27-47(48(40)50)51-45-26-11-7-21-39(45)41-31-35(28-29-46(41)51)49-42-23-8-4-18-36(42)37-19-5-9-24-43(37)49/h1-31H/i1D,2D,3D,4D,5D,6D,7D,8D,9D,10D,11D,13D,14D,15D,18D,19D,20D,21D,22D,23D,24D,25D,26D,27D,28D,29D,31D. The summed E-state index contributed by atoms with van der Waals surface area (Å²) in [5.41, 5.74) is -5.02. The van der Waals surface area contributed by atoms with E-state index in [1.54, 1.807) is 0 Å². The van der Waals surface area contributed by atoms with Crippen LogP contribution in [0.5, 0.6) is 0 Å². The van der Waals surface area contributed by atoms with Gasteiger partial charge in [0, 0.05) is 43.7 Å². The third kappa shape index (κ3) is 4.06. The normalized spacial score (nSPS) is 19.3. The lowest BCUT2D eigenvalue weighted by atomic mass is 10.1. The predicted molar refractivity (Wildman–Crippen MR) is 215 cm³/mol. The maximum atomic E-state index is 10.1. The first-order valence-corrected chi connectivity index (χ1v) is 15.3. The summed E-state index contributed by atoms with van der Waals surface area (Å²) in [5, 5.41) is -2.89. The molecule has 0 aliphatic carbocycles. The van der Waals surface area contributed by atoms with E-state index in [0.29, 0.717) is 0 Å². The minimum atomic E-state index is -0.997. The predicted octanol–water partition coefficient (Wildman–Crippen LogP) is 12.6. The number of benzene rings is 8. The van der Waals surface area contributed by atoms with Crippen LogP contribution in [0.3, 0.4) is 0 Å². The van der Waals surface area contributed by atoms with Gasteiger partial charge in [-0.25, -0.2) is 0 Å². The van der Waals surface area contributed by atoms with Crippen LogP contribution in [-0.2, 0) is 0 Å². The minimum Gasteiger partial charge on any atom is -0.309 e. The van der Waals surface area contributed by atoms with E-state index in [9.17, 15) is 13.7 Å². The molecule has 3 aromatic heterocycles. The lowest BCUT2D eigenvalue weighted by molar-refractivity contribution is 1.13. The summed E-state index contributed by atoms with van der Waals surface area (Å²) < 4.78 is 247. The van der Waals surface area contributed by atoms with Crippen LogP contribution in [0, 0.1) is 0 Å². The van der Waals surface area contributed by atoms with Crippen molar-refractivity contribution in [3.8, 4) is 28.2 Å². The molecule has 0 saturated heterocycles. The minimum absolute atomic E-state index is 0.0272. The van der Waals surface area contributed by atoms with Crippen molar-refractivity contribution in [3.63, 3.8) is 0 Å². The largest absolute Gasteiger partial charge is 0.309 e. The summed E-state index contributed by atoms with van der Waals surface area (Å²) in [7, 11) is 0. The van der Waals surface area contributed by atoms with Gasteiger partial charge in [-0.3, -0.25) is 0 Å². The molecule has 3 nitrogen and oxygen atoms in total. The molecular weight excluding hydrogens is 619 g/mol. The van der Waals surface area contributed by atoms with Gasteiger partial charge in [-0.2, -0.15) is 0 Å². The molecule has 8 aromatic carbocycles. The van der Waals surface area contributed by atoms with Crippen LogP contribution in [0.25, 0.3) is 93.6 Å². The Morgan fingerprint density at radius 1 is 0.353 bits per heavy atom. The molecular formula is C48H31N3. The average Bonchev–Trinajstić information content (AvgIpc) is 4.31. The molecule has 51 heavy (non-hydrogen) atoms. The van der Waals surface area contributed by atoms with Gasteiger partial charge in [0.2, 0.25) is 0 Å². The highest BCUT2D eigenvalue weighted by Gasteiger charge is 2.21.